The van der Waals surface area contributed by atoms with Crippen molar-refractivity contribution in [1.82, 2.24) is 19.8 Å². The minimum atomic E-state index is 0.0442. The Morgan fingerprint density at radius 2 is 2.00 bits per heavy atom. The van der Waals surface area contributed by atoms with E-state index < -0.39 is 0 Å². The number of piperazine rings is 1. The van der Waals surface area contributed by atoms with Gasteiger partial charge >= 0.3 is 0 Å². The van der Waals surface area contributed by atoms with E-state index in [9.17, 15) is 9.59 Å². The number of carbonyl (C=O) groups is 2. The van der Waals surface area contributed by atoms with Crippen LogP contribution in [0.1, 0.15) is 49.1 Å². The first-order valence-corrected chi connectivity index (χ1v) is 10.0. The van der Waals surface area contributed by atoms with Crippen LogP contribution in [0, 0.1) is 13.8 Å². The lowest BCUT2D eigenvalue weighted by atomic mass is 10.1. The molecule has 1 aliphatic heterocycles. The summed E-state index contributed by atoms with van der Waals surface area (Å²) in [6.45, 7) is 5.71. The molecular weight excluding hydrogens is 340 g/mol. The summed E-state index contributed by atoms with van der Waals surface area (Å²) in [5.41, 5.74) is 4.39. The molecule has 144 valence electrons. The van der Waals surface area contributed by atoms with Gasteiger partial charge in [0.25, 0.3) is 0 Å². The molecule has 0 spiro atoms. The number of nitrogens with zero attached hydrogens (tertiary/aromatic N) is 3. The summed E-state index contributed by atoms with van der Waals surface area (Å²) in [4.78, 5) is 36.8. The zero-order valence-corrected chi connectivity index (χ0v) is 16.3. The standard InChI is InChI=1S/C21H28N4O2/c1-14-7-8-17-21(15(14)2)23-18(22-17)9-10-19(26)24-11-12-25(20(27)13-24)16-5-3-4-6-16/h7-8,16H,3-6,9-13H2,1-2H3,(H,22,23). The van der Waals surface area contributed by atoms with Gasteiger partial charge in [-0.25, -0.2) is 4.98 Å². The number of aromatic nitrogens is 2. The van der Waals surface area contributed by atoms with Crippen LogP contribution in [0.15, 0.2) is 12.1 Å². The lowest BCUT2D eigenvalue weighted by molar-refractivity contribution is -0.147. The van der Waals surface area contributed by atoms with E-state index in [2.05, 4.69) is 29.9 Å². The highest BCUT2D eigenvalue weighted by Gasteiger charge is 2.32. The monoisotopic (exact) mass is 368 g/mol. The first-order valence-electron chi connectivity index (χ1n) is 10.0. The Morgan fingerprint density at radius 3 is 2.74 bits per heavy atom. The van der Waals surface area contributed by atoms with Gasteiger partial charge in [0, 0.05) is 32.0 Å². The van der Waals surface area contributed by atoms with Gasteiger partial charge in [0.05, 0.1) is 17.6 Å². The number of aryl methyl sites for hydroxylation is 3. The molecule has 2 heterocycles. The summed E-state index contributed by atoms with van der Waals surface area (Å²) in [6.07, 6.45) is 5.62. The molecule has 2 amide bonds. The van der Waals surface area contributed by atoms with E-state index in [1.807, 2.05) is 11.0 Å². The number of nitrogens with one attached hydrogen (secondary N) is 1. The van der Waals surface area contributed by atoms with E-state index in [0.29, 0.717) is 32.0 Å². The van der Waals surface area contributed by atoms with Crippen molar-refractivity contribution < 1.29 is 9.59 Å². The first kappa shape index (κ1) is 18.0. The number of aromatic amines is 1. The van der Waals surface area contributed by atoms with Crippen molar-refractivity contribution in [3.8, 4) is 0 Å². The minimum absolute atomic E-state index is 0.0442. The number of carbonyl (C=O) groups excluding carboxylic acids is 2. The molecule has 2 aliphatic rings. The molecule has 1 N–H and O–H groups in total. The third-order valence-electron chi connectivity index (χ3n) is 6.18. The summed E-state index contributed by atoms with van der Waals surface area (Å²) >= 11 is 0. The molecule has 0 atom stereocenters. The van der Waals surface area contributed by atoms with Gasteiger partial charge in [-0.1, -0.05) is 18.9 Å². The van der Waals surface area contributed by atoms with Crippen LogP contribution in [-0.2, 0) is 16.0 Å². The highest BCUT2D eigenvalue weighted by atomic mass is 16.2. The van der Waals surface area contributed by atoms with Gasteiger partial charge < -0.3 is 14.8 Å². The van der Waals surface area contributed by atoms with Crippen LogP contribution in [0.25, 0.3) is 11.0 Å². The van der Waals surface area contributed by atoms with Crippen LogP contribution in [0.2, 0.25) is 0 Å². The van der Waals surface area contributed by atoms with Crippen LogP contribution in [0.4, 0.5) is 0 Å². The first-order chi connectivity index (χ1) is 13.0. The maximum absolute atomic E-state index is 12.6. The van der Waals surface area contributed by atoms with Crippen LogP contribution in [0.5, 0.6) is 0 Å². The maximum atomic E-state index is 12.6. The second kappa shape index (κ2) is 7.33. The van der Waals surface area contributed by atoms with Gasteiger partial charge in [0.15, 0.2) is 0 Å². The second-order valence-corrected chi connectivity index (χ2v) is 7.93. The third-order valence-corrected chi connectivity index (χ3v) is 6.18. The molecule has 1 aliphatic carbocycles. The van der Waals surface area contributed by atoms with Gasteiger partial charge in [-0.2, -0.15) is 0 Å². The molecule has 2 aromatic rings. The Kier molecular flexibility index (Phi) is 4.89. The van der Waals surface area contributed by atoms with Gasteiger partial charge in [-0.3, -0.25) is 9.59 Å². The van der Waals surface area contributed by atoms with Crippen LogP contribution in [0.3, 0.4) is 0 Å². The Bertz CT molecular complexity index is 866. The smallest absolute Gasteiger partial charge is 0.242 e. The van der Waals surface area contributed by atoms with E-state index in [1.54, 1.807) is 4.90 Å². The van der Waals surface area contributed by atoms with Crippen molar-refractivity contribution in [2.24, 2.45) is 0 Å². The van der Waals surface area contributed by atoms with E-state index in [0.717, 1.165) is 29.7 Å². The SMILES string of the molecule is Cc1ccc2[nH]c(CCC(=O)N3CCN(C4CCCC4)C(=O)C3)nc2c1C. The topological polar surface area (TPSA) is 69.3 Å². The van der Waals surface area contributed by atoms with Gasteiger partial charge in [-0.15, -0.1) is 0 Å². The van der Waals surface area contributed by atoms with Crippen molar-refractivity contribution in [2.75, 3.05) is 19.6 Å². The molecule has 1 saturated carbocycles. The number of hydrogen-bond donors (Lipinski definition) is 1. The predicted molar refractivity (Wildman–Crippen MR) is 104 cm³/mol. The molecule has 27 heavy (non-hydrogen) atoms. The molecule has 1 aromatic heterocycles. The van der Waals surface area contributed by atoms with Gasteiger partial charge in [-0.05, 0) is 43.9 Å². The molecule has 2 fully saturated rings. The van der Waals surface area contributed by atoms with E-state index in [4.69, 9.17) is 0 Å². The summed E-state index contributed by atoms with van der Waals surface area (Å²) in [6, 6.07) is 4.52. The van der Waals surface area contributed by atoms with Gasteiger partial charge in [0.2, 0.25) is 11.8 Å². The van der Waals surface area contributed by atoms with Crippen molar-refractivity contribution in [1.29, 1.82) is 0 Å². The van der Waals surface area contributed by atoms with Crippen LogP contribution in [-0.4, -0.2) is 57.3 Å². The highest BCUT2D eigenvalue weighted by Crippen LogP contribution is 2.25. The normalized spacial score (nSPS) is 18.7. The molecule has 0 radical (unpaired) electrons. The van der Waals surface area contributed by atoms with E-state index in [1.165, 1.54) is 24.0 Å². The summed E-state index contributed by atoms with van der Waals surface area (Å²) < 4.78 is 0. The molecule has 6 heteroatoms. The van der Waals surface area contributed by atoms with Crippen molar-refractivity contribution in [2.45, 2.75) is 58.4 Å². The zero-order valence-electron chi connectivity index (χ0n) is 16.3. The fourth-order valence-corrected chi connectivity index (χ4v) is 4.37. The fourth-order valence-electron chi connectivity index (χ4n) is 4.37. The molecular formula is C21H28N4O2. The number of H-pyrrole nitrogens is 1. The fraction of sp³-hybridized carbons (Fsp3) is 0.571. The highest BCUT2D eigenvalue weighted by molar-refractivity contribution is 5.86. The van der Waals surface area contributed by atoms with Gasteiger partial charge in [0.1, 0.15) is 5.82 Å². The lowest BCUT2D eigenvalue weighted by Gasteiger charge is -2.37. The molecule has 1 aromatic carbocycles. The third kappa shape index (κ3) is 3.57. The summed E-state index contributed by atoms with van der Waals surface area (Å²) in [5.74, 6) is 0.988. The number of imidazole rings is 1. The average molecular weight is 368 g/mol. The van der Waals surface area contributed by atoms with E-state index >= 15 is 0 Å². The zero-order chi connectivity index (χ0) is 19.0. The lowest BCUT2D eigenvalue weighted by Crippen LogP contribution is -2.54. The Balaban J connectivity index is 1.34. The minimum Gasteiger partial charge on any atom is -0.342 e. The number of amides is 2. The van der Waals surface area contributed by atoms with Crippen LogP contribution >= 0.6 is 0 Å². The number of hydrogen-bond acceptors (Lipinski definition) is 3. The van der Waals surface area contributed by atoms with Crippen LogP contribution < -0.4 is 0 Å². The van der Waals surface area contributed by atoms with Crippen molar-refractivity contribution >= 4 is 22.8 Å². The Hall–Kier alpha value is -2.37. The number of fused-ring (bicyclic) bond motifs is 1. The molecule has 1 saturated heterocycles. The average Bonchev–Trinajstić information content (AvgIpc) is 3.32. The molecule has 6 nitrogen and oxygen atoms in total. The van der Waals surface area contributed by atoms with Crippen molar-refractivity contribution in [3.63, 3.8) is 0 Å². The summed E-state index contributed by atoms with van der Waals surface area (Å²) in [7, 11) is 0. The quantitative estimate of drug-likeness (QED) is 0.902. The maximum Gasteiger partial charge on any atom is 0.242 e. The largest absolute Gasteiger partial charge is 0.342 e. The Labute approximate surface area is 159 Å². The summed E-state index contributed by atoms with van der Waals surface area (Å²) in [5, 5.41) is 0. The number of rotatable bonds is 4. The Morgan fingerprint density at radius 1 is 1.22 bits per heavy atom. The van der Waals surface area contributed by atoms with E-state index in [-0.39, 0.29) is 18.4 Å². The molecule has 4 rings (SSSR count). The predicted octanol–water partition coefficient (Wildman–Crippen LogP) is 2.73. The molecule has 0 bridgehead atoms. The second-order valence-electron chi connectivity index (χ2n) is 7.93. The molecule has 0 unspecified atom stereocenters. The number of benzene rings is 1. The van der Waals surface area contributed by atoms with Crippen molar-refractivity contribution in [3.05, 3.63) is 29.1 Å².